The van der Waals surface area contributed by atoms with Crippen molar-refractivity contribution in [3.8, 4) is 0 Å². The molecule has 86 valence electrons. The van der Waals surface area contributed by atoms with Gasteiger partial charge in [0.05, 0.1) is 18.4 Å². The number of rotatable bonds is 1. The summed E-state index contributed by atoms with van der Waals surface area (Å²) in [6.45, 7) is 0.764. The molecule has 1 aromatic rings. The SMILES string of the molecule is O=S1(=O)CCN2OC[C@H]1[C@H]2c1ccccc1. The van der Waals surface area contributed by atoms with Gasteiger partial charge in [0.25, 0.3) is 0 Å². The summed E-state index contributed by atoms with van der Waals surface area (Å²) < 4.78 is 23.8. The lowest BCUT2D eigenvalue weighted by molar-refractivity contribution is -0.128. The van der Waals surface area contributed by atoms with E-state index in [0.29, 0.717) is 13.2 Å². The highest BCUT2D eigenvalue weighted by atomic mass is 32.2. The molecule has 5 heteroatoms. The molecule has 2 aliphatic heterocycles. The third-order valence-electron chi connectivity index (χ3n) is 3.27. The van der Waals surface area contributed by atoms with Crippen molar-refractivity contribution >= 4 is 9.84 Å². The second kappa shape index (κ2) is 3.55. The molecular weight excluding hydrogens is 226 g/mol. The molecule has 2 heterocycles. The van der Waals surface area contributed by atoms with Crippen molar-refractivity contribution in [3.05, 3.63) is 35.9 Å². The summed E-state index contributed by atoms with van der Waals surface area (Å²) in [6.07, 6.45) is 0. The van der Waals surface area contributed by atoms with Crippen molar-refractivity contribution in [2.45, 2.75) is 11.3 Å². The molecule has 1 unspecified atom stereocenters. The fourth-order valence-electron chi connectivity index (χ4n) is 2.43. The van der Waals surface area contributed by atoms with E-state index in [1.54, 1.807) is 5.06 Å². The monoisotopic (exact) mass is 239 g/mol. The summed E-state index contributed by atoms with van der Waals surface area (Å²) in [5.74, 6) is 0.209. The zero-order chi connectivity index (χ0) is 11.2. The molecule has 0 aromatic heterocycles. The Morgan fingerprint density at radius 3 is 2.75 bits per heavy atom. The Hall–Kier alpha value is -0.910. The molecule has 2 saturated heterocycles. The van der Waals surface area contributed by atoms with E-state index in [1.807, 2.05) is 30.3 Å². The van der Waals surface area contributed by atoms with E-state index in [4.69, 9.17) is 4.84 Å². The quantitative estimate of drug-likeness (QED) is 0.726. The van der Waals surface area contributed by atoms with E-state index in [1.165, 1.54) is 0 Å². The summed E-state index contributed by atoms with van der Waals surface area (Å²) in [5.41, 5.74) is 1.02. The first kappa shape index (κ1) is 10.3. The Bertz CT molecular complexity index is 485. The maximum atomic E-state index is 11.9. The number of sulfone groups is 1. The smallest absolute Gasteiger partial charge is 0.158 e. The van der Waals surface area contributed by atoms with Gasteiger partial charge in [0.2, 0.25) is 0 Å². The average molecular weight is 239 g/mol. The lowest BCUT2D eigenvalue weighted by Gasteiger charge is -2.30. The van der Waals surface area contributed by atoms with E-state index < -0.39 is 15.1 Å². The third-order valence-corrected chi connectivity index (χ3v) is 5.33. The van der Waals surface area contributed by atoms with Crippen LogP contribution in [0.2, 0.25) is 0 Å². The summed E-state index contributed by atoms with van der Waals surface area (Å²) in [6, 6.07) is 9.58. The van der Waals surface area contributed by atoms with Crippen LogP contribution in [0.25, 0.3) is 0 Å². The van der Waals surface area contributed by atoms with E-state index in [-0.39, 0.29) is 11.8 Å². The second-order valence-corrected chi connectivity index (χ2v) is 6.54. The maximum absolute atomic E-state index is 11.9. The lowest BCUT2D eigenvalue weighted by atomic mass is 10.0. The molecular formula is C11H13NO3S. The number of fused-ring (bicyclic) bond motifs is 2. The van der Waals surface area contributed by atoms with Gasteiger partial charge in [0.1, 0.15) is 5.25 Å². The van der Waals surface area contributed by atoms with E-state index in [9.17, 15) is 8.42 Å². The number of nitrogens with zero attached hydrogens (tertiary/aromatic N) is 1. The zero-order valence-corrected chi connectivity index (χ0v) is 9.56. The van der Waals surface area contributed by atoms with Crippen LogP contribution >= 0.6 is 0 Å². The zero-order valence-electron chi connectivity index (χ0n) is 8.74. The van der Waals surface area contributed by atoms with E-state index in [2.05, 4.69) is 0 Å². The standard InChI is InChI=1S/C11H13NO3S/c13-16(14)7-6-12-11(10(16)8-15-12)9-4-2-1-3-5-9/h1-5,10-11H,6-8H2/t10-,11+/m0/s1. The topological polar surface area (TPSA) is 46.6 Å². The number of hydrogen-bond acceptors (Lipinski definition) is 4. The van der Waals surface area contributed by atoms with Crippen LogP contribution in [0.1, 0.15) is 11.6 Å². The van der Waals surface area contributed by atoms with Gasteiger partial charge >= 0.3 is 0 Å². The molecule has 0 saturated carbocycles. The lowest BCUT2D eigenvalue weighted by Crippen LogP contribution is -2.42. The predicted octanol–water partition coefficient (Wildman–Crippen LogP) is 0.772. The molecule has 0 radical (unpaired) electrons. The molecule has 1 aromatic carbocycles. The minimum absolute atomic E-state index is 0.125. The first-order valence-electron chi connectivity index (χ1n) is 5.34. The number of benzene rings is 1. The molecule has 16 heavy (non-hydrogen) atoms. The first-order chi connectivity index (χ1) is 7.68. The summed E-state index contributed by atoms with van der Waals surface area (Å²) in [4.78, 5) is 5.43. The highest BCUT2D eigenvalue weighted by Gasteiger charge is 2.48. The molecule has 0 aliphatic carbocycles. The molecule has 0 spiro atoms. The summed E-state index contributed by atoms with van der Waals surface area (Å²) >= 11 is 0. The van der Waals surface area contributed by atoms with Crippen molar-refractivity contribution in [1.82, 2.24) is 5.06 Å². The van der Waals surface area contributed by atoms with Crippen LogP contribution in [0.15, 0.2) is 30.3 Å². The van der Waals surface area contributed by atoms with Crippen molar-refractivity contribution in [2.24, 2.45) is 0 Å². The van der Waals surface area contributed by atoms with E-state index in [0.717, 1.165) is 5.56 Å². The van der Waals surface area contributed by atoms with Gasteiger partial charge < -0.3 is 0 Å². The van der Waals surface area contributed by atoms with Crippen molar-refractivity contribution in [1.29, 1.82) is 0 Å². The molecule has 2 fully saturated rings. The van der Waals surface area contributed by atoms with Gasteiger partial charge in [-0.2, -0.15) is 5.06 Å². The van der Waals surface area contributed by atoms with Crippen LogP contribution in [0.3, 0.4) is 0 Å². The largest absolute Gasteiger partial charge is 0.297 e. The molecule has 2 aliphatic rings. The molecule has 0 N–H and O–H groups in total. The molecule has 4 nitrogen and oxygen atoms in total. The Morgan fingerprint density at radius 2 is 2.00 bits per heavy atom. The van der Waals surface area contributed by atoms with Gasteiger partial charge in [-0.3, -0.25) is 4.84 Å². The summed E-state index contributed by atoms with van der Waals surface area (Å²) in [5, 5.41) is 1.41. The van der Waals surface area contributed by atoms with Gasteiger partial charge in [0, 0.05) is 6.54 Å². The van der Waals surface area contributed by atoms with Crippen molar-refractivity contribution in [2.75, 3.05) is 18.9 Å². The van der Waals surface area contributed by atoms with E-state index >= 15 is 0 Å². The fraction of sp³-hybridized carbons (Fsp3) is 0.455. The van der Waals surface area contributed by atoms with Crippen LogP contribution in [0, 0.1) is 0 Å². The highest BCUT2D eigenvalue weighted by molar-refractivity contribution is 7.92. The Morgan fingerprint density at radius 1 is 1.25 bits per heavy atom. The van der Waals surface area contributed by atoms with Crippen LogP contribution in [-0.2, 0) is 14.7 Å². The van der Waals surface area contributed by atoms with Gasteiger partial charge in [-0.1, -0.05) is 30.3 Å². The van der Waals surface area contributed by atoms with Crippen molar-refractivity contribution < 1.29 is 13.3 Å². The Balaban J connectivity index is 2.03. The minimum atomic E-state index is -3.00. The van der Waals surface area contributed by atoms with Gasteiger partial charge in [-0.05, 0) is 5.56 Å². The van der Waals surface area contributed by atoms with Crippen molar-refractivity contribution in [3.63, 3.8) is 0 Å². The molecule has 3 atom stereocenters. The second-order valence-electron chi connectivity index (χ2n) is 4.20. The normalized spacial score (nSPS) is 36.1. The first-order valence-corrected chi connectivity index (χ1v) is 7.06. The summed E-state index contributed by atoms with van der Waals surface area (Å²) in [7, 11) is -3.00. The molecule has 0 amide bonds. The van der Waals surface area contributed by atoms with Gasteiger partial charge in [-0.15, -0.1) is 0 Å². The number of hydroxylamine groups is 2. The van der Waals surface area contributed by atoms with Crippen LogP contribution in [-0.4, -0.2) is 37.6 Å². The number of hydrogen-bond donors (Lipinski definition) is 0. The fourth-order valence-corrected chi connectivity index (χ4v) is 4.12. The third kappa shape index (κ3) is 1.47. The average Bonchev–Trinajstić information content (AvgIpc) is 2.65. The predicted molar refractivity (Wildman–Crippen MR) is 59.4 cm³/mol. The minimum Gasteiger partial charge on any atom is -0.297 e. The van der Waals surface area contributed by atoms with Crippen LogP contribution in [0.5, 0.6) is 0 Å². The molecule has 3 rings (SSSR count). The van der Waals surface area contributed by atoms with Gasteiger partial charge in [-0.25, -0.2) is 8.42 Å². The Kier molecular flexibility index (Phi) is 2.27. The Labute approximate surface area is 94.7 Å². The van der Waals surface area contributed by atoms with Crippen LogP contribution in [0.4, 0.5) is 0 Å². The van der Waals surface area contributed by atoms with Gasteiger partial charge in [0.15, 0.2) is 9.84 Å². The maximum Gasteiger partial charge on any atom is 0.158 e. The highest BCUT2D eigenvalue weighted by Crippen LogP contribution is 2.37. The molecule has 2 bridgehead atoms. The van der Waals surface area contributed by atoms with Crippen LogP contribution < -0.4 is 0 Å².